The molecular weight excluding hydrogens is 280 g/mol. The Balaban J connectivity index is 1.81. The molecule has 112 valence electrons. The van der Waals surface area contributed by atoms with E-state index in [1.54, 1.807) is 11.3 Å². The summed E-state index contributed by atoms with van der Waals surface area (Å²) in [6.45, 7) is 4.21. The molecule has 1 aliphatic rings. The van der Waals surface area contributed by atoms with Crippen LogP contribution in [-0.4, -0.2) is 18.0 Å². The minimum atomic E-state index is 0.0221. The number of thiophene rings is 1. The lowest BCUT2D eigenvalue weighted by Crippen LogP contribution is -2.49. The van der Waals surface area contributed by atoms with E-state index in [0.717, 1.165) is 29.5 Å². The van der Waals surface area contributed by atoms with Gasteiger partial charge in [0.25, 0.3) is 5.91 Å². The van der Waals surface area contributed by atoms with Crippen molar-refractivity contribution in [1.82, 2.24) is 5.32 Å². The molecule has 0 saturated heterocycles. The Morgan fingerprint density at radius 1 is 1.19 bits per heavy atom. The summed E-state index contributed by atoms with van der Waals surface area (Å²) in [6, 6.07) is 6.54. The minimum Gasteiger partial charge on any atom is -0.347 e. The second kappa shape index (κ2) is 5.78. The summed E-state index contributed by atoms with van der Waals surface area (Å²) in [5.74, 6) is 0.0221. The van der Waals surface area contributed by atoms with Gasteiger partial charge in [0.05, 0.1) is 4.88 Å². The van der Waals surface area contributed by atoms with Gasteiger partial charge in [-0.25, -0.2) is 0 Å². The van der Waals surface area contributed by atoms with Crippen LogP contribution in [0.5, 0.6) is 0 Å². The molecule has 1 fully saturated rings. The largest absolute Gasteiger partial charge is 0.347 e. The van der Waals surface area contributed by atoms with E-state index in [2.05, 4.69) is 31.3 Å². The molecular formula is C17H22N2OS. The number of nitrogens with two attached hydrogens (primary N) is 1. The van der Waals surface area contributed by atoms with Gasteiger partial charge in [0.1, 0.15) is 0 Å². The molecule has 0 bridgehead atoms. The Morgan fingerprint density at radius 3 is 2.67 bits per heavy atom. The molecule has 2 atom stereocenters. The van der Waals surface area contributed by atoms with Gasteiger partial charge in [0.2, 0.25) is 0 Å². The van der Waals surface area contributed by atoms with Gasteiger partial charge in [-0.1, -0.05) is 18.9 Å². The van der Waals surface area contributed by atoms with Gasteiger partial charge in [0.15, 0.2) is 0 Å². The highest BCUT2D eigenvalue weighted by atomic mass is 32.1. The van der Waals surface area contributed by atoms with Crippen molar-refractivity contribution in [3.8, 4) is 0 Å². The number of aryl methyl sites for hydroxylation is 2. The Hall–Kier alpha value is -1.39. The van der Waals surface area contributed by atoms with Gasteiger partial charge in [-0.15, -0.1) is 11.3 Å². The van der Waals surface area contributed by atoms with E-state index in [-0.39, 0.29) is 18.0 Å². The van der Waals surface area contributed by atoms with Crippen LogP contribution in [0, 0.1) is 13.8 Å². The van der Waals surface area contributed by atoms with Crippen molar-refractivity contribution in [3.05, 3.63) is 34.2 Å². The number of amides is 1. The number of hydrogen-bond acceptors (Lipinski definition) is 3. The molecule has 0 radical (unpaired) electrons. The van der Waals surface area contributed by atoms with Crippen LogP contribution in [0.3, 0.4) is 0 Å². The molecule has 2 aromatic rings. The third-order valence-corrected chi connectivity index (χ3v) is 5.59. The molecule has 3 rings (SSSR count). The SMILES string of the molecule is Cc1cc2cc(C(=O)NC3CCCCC3N)sc2cc1C. The van der Waals surface area contributed by atoms with E-state index in [0.29, 0.717) is 0 Å². The Morgan fingerprint density at radius 2 is 1.90 bits per heavy atom. The van der Waals surface area contributed by atoms with Gasteiger partial charge < -0.3 is 11.1 Å². The first-order chi connectivity index (χ1) is 10.0. The first-order valence-corrected chi connectivity index (χ1v) is 8.43. The third kappa shape index (κ3) is 2.97. The summed E-state index contributed by atoms with van der Waals surface area (Å²) in [6.07, 6.45) is 4.34. The monoisotopic (exact) mass is 302 g/mol. The van der Waals surface area contributed by atoms with E-state index >= 15 is 0 Å². The molecule has 3 nitrogen and oxygen atoms in total. The summed E-state index contributed by atoms with van der Waals surface area (Å²) in [7, 11) is 0. The molecule has 3 N–H and O–H groups in total. The van der Waals surface area contributed by atoms with E-state index in [1.807, 2.05) is 6.07 Å². The molecule has 2 unspecified atom stereocenters. The molecule has 1 aromatic carbocycles. The van der Waals surface area contributed by atoms with Gasteiger partial charge in [-0.05, 0) is 55.3 Å². The predicted molar refractivity (Wildman–Crippen MR) is 89.0 cm³/mol. The summed E-state index contributed by atoms with van der Waals surface area (Å²) in [4.78, 5) is 13.2. The van der Waals surface area contributed by atoms with E-state index in [1.165, 1.54) is 22.2 Å². The molecule has 1 aliphatic carbocycles. The van der Waals surface area contributed by atoms with Crippen LogP contribution in [-0.2, 0) is 0 Å². The van der Waals surface area contributed by atoms with Crippen molar-refractivity contribution in [2.24, 2.45) is 5.73 Å². The first-order valence-electron chi connectivity index (χ1n) is 7.62. The maximum absolute atomic E-state index is 12.4. The average Bonchev–Trinajstić information content (AvgIpc) is 2.85. The zero-order chi connectivity index (χ0) is 15.0. The number of fused-ring (bicyclic) bond motifs is 1. The lowest BCUT2D eigenvalue weighted by atomic mass is 9.91. The average molecular weight is 302 g/mol. The third-order valence-electron chi connectivity index (χ3n) is 4.49. The van der Waals surface area contributed by atoms with Crippen molar-refractivity contribution in [1.29, 1.82) is 0 Å². The highest BCUT2D eigenvalue weighted by Crippen LogP contribution is 2.28. The van der Waals surface area contributed by atoms with Crippen molar-refractivity contribution >= 4 is 27.3 Å². The second-order valence-corrected chi connectivity index (χ2v) is 7.20. The molecule has 0 spiro atoms. The Kier molecular flexibility index (Phi) is 4.00. The van der Waals surface area contributed by atoms with Crippen molar-refractivity contribution in [2.75, 3.05) is 0 Å². The van der Waals surface area contributed by atoms with Crippen LogP contribution < -0.4 is 11.1 Å². The number of nitrogens with one attached hydrogen (secondary N) is 1. The van der Waals surface area contributed by atoms with Crippen molar-refractivity contribution in [2.45, 2.75) is 51.6 Å². The smallest absolute Gasteiger partial charge is 0.261 e. The van der Waals surface area contributed by atoms with Crippen LogP contribution in [0.1, 0.15) is 46.5 Å². The normalized spacial score (nSPS) is 22.4. The zero-order valence-electron chi connectivity index (χ0n) is 12.6. The quantitative estimate of drug-likeness (QED) is 0.892. The molecule has 1 aromatic heterocycles. The van der Waals surface area contributed by atoms with Crippen LogP contribution >= 0.6 is 11.3 Å². The highest BCUT2D eigenvalue weighted by Gasteiger charge is 2.24. The van der Waals surface area contributed by atoms with Crippen LogP contribution in [0.4, 0.5) is 0 Å². The van der Waals surface area contributed by atoms with Gasteiger partial charge in [0, 0.05) is 16.8 Å². The highest BCUT2D eigenvalue weighted by molar-refractivity contribution is 7.20. The van der Waals surface area contributed by atoms with Gasteiger partial charge in [-0.2, -0.15) is 0 Å². The topological polar surface area (TPSA) is 55.1 Å². The van der Waals surface area contributed by atoms with Gasteiger partial charge >= 0.3 is 0 Å². The number of hydrogen-bond donors (Lipinski definition) is 2. The fraction of sp³-hybridized carbons (Fsp3) is 0.471. The fourth-order valence-corrected chi connectivity index (χ4v) is 4.04. The lowest BCUT2D eigenvalue weighted by molar-refractivity contribution is 0.0925. The standard InChI is InChI=1S/C17H22N2OS/c1-10-7-12-9-16(21-15(12)8-11(10)2)17(20)19-14-6-4-3-5-13(14)18/h7-9,13-14H,3-6,18H2,1-2H3,(H,19,20). The van der Waals surface area contributed by atoms with Crippen molar-refractivity contribution < 1.29 is 4.79 Å². The maximum atomic E-state index is 12.4. The molecule has 0 aliphatic heterocycles. The van der Waals surface area contributed by atoms with Crippen molar-refractivity contribution in [3.63, 3.8) is 0 Å². The minimum absolute atomic E-state index is 0.0221. The molecule has 1 amide bonds. The van der Waals surface area contributed by atoms with Crippen LogP contribution in [0.15, 0.2) is 18.2 Å². The molecule has 21 heavy (non-hydrogen) atoms. The van der Waals surface area contributed by atoms with Crippen LogP contribution in [0.25, 0.3) is 10.1 Å². The summed E-state index contributed by atoms with van der Waals surface area (Å²) < 4.78 is 1.18. The molecule has 4 heteroatoms. The summed E-state index contributed by atoms with van der Waals surface area (Å²) in [5, 5.41) is 4.28. The number of benzene rings is 1. The first kappa shape index (κ1) is 14.5. The van der Waals surface area contributed by atoms with E-state index < -0.39 is 0 Å². The fourth-order valence-electron chi connectivity index (χ4n) is 2.99. The summed E-state index contributed by atoms with van der Waals surface area (Å²) in [5.41, 5.74) is 8.64. The summed E-state index contributed by atoms with van der Waals surface area (Å²) >= 11 is 1.57. The zero-order valence-corrected chi connectivity index (χ0v) is 13.4. The predicted octanol–water partition coefficient (Wildman–Crippen LogP) is 3.52. The molecule has 1 heterocycles. The van der Waals surface area contributed by atoms with Crippen LogP contribution in [0.2, 0.25) is 0 Å². The van der Waals surface area contributed by atoms with E-state index in [9.17, 15) is 4.79 Å². The number of carbonyl (C=O) groups is 1. The lowest BCUT2D eigenvalue weighted by Gasteiger charge is -2.29. The Bertz CT molecular complexity index is 638. The second-order valence-electron chi connectivity index (χ2n) is 6.11. The number of carbonyl (C=O) groups excluding carboxylic acids is 1. The molecule has 1 saturated carbocycles. The van der Waals surface area contributed by atoms with E-state index in [4.69, 9.17) is 5.73 Å². The Labute approximate surface area is 129 Å². The van der Waals surface area contributed by atoms with Gasteiger partial charge in [-0.3, -0.25) is 4.79 Å². The number of rotatable bonds is 2. The maximum Gasteiger partial charge on any atom is 0.261 e.